The van der Waals surface area contributed by atoms with Crippen molar-refractivity contribution in [3.05, 3.63) is 75.0 Å². The molecule has 0 atom stereocenters. The highest BCUT2D eigenvalue weighted by Gasteiger charge is 2.31. The molecule has 45 heavy (non-hydrogen) atoms. The van der Waals surface area contributed by atoms with Crippen LogP contribution in [0.2, 0.25) is 0 Å². The zero-order valence-corrected chi connectivity index (χ0v) is 27.4. The first-order valence-corrected chi connectivity index (χ1v) is 17.6. The predicted molar refractivity (Wildman–Crippen MR) is 165 cm³/mol. The molecule has 17 heteroatoms. The lowest BCUT2D eigenvalue weighted by Crippen LogP contribution is -2.32. The van der Waals surface area contributed by atoms with Gasteiger partial charge >= 0.3 is 0 Å². The average molecular weight is 690 g/mol. The van der Waals surface area contributed by atoms with Crippen LogP contribution in [0.5, 0.6) is 0 Å². The summed E-state index contributed by atoms with van der Waals surface area (Å²) in [5, 5.41) is 10.2. The minimum absolute atomic E-state index is 0.0550. The Balaban J connectivity index is 0.000000251. The molecule has 0 spiro atoms. The summed E-state index contributed by atoms with van der Waals surface area (Å²) in [6, 6.07) is 6.83. The number of carbonyl (C=O) groups is 1. The van der Waals surface area contributed by atoms with E-state index < -0.39 is 53.6 Å². The molecule has 4 rings (SSSR count). The van der Waals surface area contributed by atoms with Crippen LogP contribution in [-0.4, -0.2) is 51.4 Å². The lowest BCUT2D eigenvalue weighted by molar-refractivity contribution is 0.102. The Labute approximate surface area is 263 Å². The predicted octanol–water partition coefficient (Wildman–Crippen LogP) is 3.74. The number of hydrogen-bond donors (Lipinski definition) is 3. The number of nitrogens with one attached hydrogen (secondary N) is 1. The summed E-state index contributed by atoms with van der Waals surface area (Å²) < 4.78 is 87.2. The van der Waals surface area contributed by atoms with E-state index in [0.29, 0.717) is 29.5 Å². The largest absolute Gasteiger partial charge is 0.367 e. The smallest absolute Gasteiger partial charge is 0.251 e. The highest BCUT2D eigenvalue weighted by molar-refractivity contribution is 7.99. The van der Waals surface area contributed by atoms with E-state index in [1.165, 1.54) is 35.2 Å². The maximum atomic E-state index is 14.2. The van der Waals surface area contributed by atoms with Crippen molar-refractivity contribution in [3.8, 4) is 0 Å². The summed E-state index contributed by atoms with van der Waals surface area (Å²) in [5.41, 5.74) is -0.554. The molecule has 0 bridgehead atoms. The van der Waals surface area contributed by atoms with Crippen molar-refractivity contribution in [2.45, 2.75) is 67.3 Å². The number of H-pyrrole nitrogens is 1. The van der Waals surface area contributed by atoms with E-state index in [4.69, 9.17) is 10.3 Å². The summed E-state index contributed by atoms with van der Waals surface area (Å²) in [7, 11) is -8.32. The number of carbonyl (C=O) groups excluding carboxylic acids is 1. The van der Waals surface area contributed by atoms with Crippen LogP contribution in [0.1, 0.15) is 61.6 Å². The summed E-state index contributed by atoms with van der Waals surface area (Å²) in [6.07, 6.45) is 2.43. The number of benzene rings is 2. The van der Waals surface area contributed by atoms with Gasteiger partial charge in [-0.05, 0) is 38.3 Å². The van der Waals surface area contributed by atoms with E-state index in [1.807, 2.05) is 20.8 Å². The Morgan fingerprint density at radius 2 is 1.53 bits per heavy atom. The van der Waals surface area contributed by atoms with Gasteiger partial charge in [0, 0.05) is 35.7 Å². The van der Waals surface area contributed by atoms with Gasteiger partial charge in [0.2, 0.25) is 20.0 Å². The van der Waals surface area contributed by atoms with Crippen LogP contribution in [-0.2, 0) is 25.5 Å². The van der Waals surface area contributed by atoms with Gasteiger partial charge in [-0.3, -0.25) is 9.59 Å². The number of anilines is 1. The third-order valence-electron chi connectivity index (χ3n) is 6.77. The van der Waals surface area contributed by atoms with Crippen molar-refractivity contribution in [1.29, 1.82) is 0 Å². The van der Waals surface area contributed by atoms with Gasteiger partial charge in [0.15, 0.2) is 28.4 Å². The van der Waals surface area contributed by atoms with Gasteiger partial charge in [0.1, 0.15) is 10.6 Å². The molecular weight excluding hydrogens is 656 g/mol. The molecule has 0 amide bonds. The summed E-state index contributed by atoms with van der Waals surface area (Å²) >= 11 is 1.12. The van der Waals surface area contributed by atoms with Crippen molar-refractivity contribution < 1.29 is 34.8 Å². The molecule has 0 radical (unpaired) electrons. The highest BCUT2D eigenvalue weighted by atomic mass is 32.2. The standard InChI is InChI=1S/C16H19N3O4S2.C12H15F3N2O2S/c1-16(2,3)13-8-14(21)19-15(18-13)24-9-12(20)10-4-6-11(7-5-10)25(17,22)23;1-7-8(13)11(17-5-3-2-4-6-17)9(14)10(15)12(7)20(16,18)19/h4-8H,9H2,1-3H3,(H2,17,22,23)(H,18,19,21);2-6H2,1H3,(H2,16,18,19). The molecule has 1 fully saturated rings. The topological polar surface area (TPSA) is 186 Å². The molecule has 1 saturated heterocycles. The number of rotatable bonds is 7. The van der Waals surface area contributed by atoms with E-state index in [0.717, 1.165) is 37.9 Å². The third-order valence-corrected chi connectivity index (χ3v) is 9.62. The summed E-state index contributed by atoms with van der Waals surface area (Å²) in [5.74, 6) is -4.35. The molecule has 0 aliphatic carbocycles. The second kappa shape index (κ2) is 14.0. The van der Waals surface area contributed by atoms with Crippen molar-refractivity contribution in [3.63, 3.8) is 0 Å². The quantitative estimate of drug-likeness (QED) is 0.144. The molecule has 3 aromatic rings. The van der Waals surface area contributed by atoms with E-state index in [2.05, 4.69) is 9.97 Å². The van der Waals surface area contributed by atoms with E-state index in [-0.39, 0.29) is 27.4 Å². The second-order valence-corrected chi connectivity index (χ2v) is 15.3. The maximum Gasteiger partial charge on any atom is 0.251 e. The van der Waals surface area contributed by atoms with Crippen LogP contribution in [0.3, 0.4) is 0 Å². The number of ketones is 1. The van der Waals surface area contributed by atoms with E-state index in [9.17, 15) is 39.6 Å². The molecule has 5 N–H and O–H groups in total. The first kappa shape index (κ1) is 36.2. The molecule has 246 valence electrons. The van der Waals surface area contributed by atoms with Crippen molar-refractivity contribution in [2.24, 2.45) is 10.3 Å². The molecule has 1 aliphatic rings. The monoisotopic (exact) mass is 689 g/mol. The number of halogens is 3. The molecule has 1 aliphatic heterocycles. The lowest BCUT2D eigenvalue weighted by Gasteiger charge is -2.30. The van der Waals surface area contributed by atoms with Crippen LogP contribution >= 0.6 is 11.8 Å². The zero-order valence-electron chi connectivity index (χ0n) is 25.0. The van der Waals surface area contributed by atoms with Crippen molar-refractivity contribution in [1.82, 2.24) is 9.97 Å². The van der Waals surface area contributed by atoms with Crippen LogP contribution in [0, 0.1) is 24.4 Å². The second-order valence-electron chi connectivity index (χ2n) is 11.3. The summed E-state index contributed by atoms with van der Waals surface area (Å²) in [4.78, 5) is 31.2. The average Bonchev–Trinajstić information content (AvgIpc) is 2.94. The Kier molecular flexibility index (Phi) is 11.3. The number of nitrogens with two attached hydrogens (primary N) is 2. The zero-order chi connectivity index (χ0) is 33.9. The van der Waals surface area contributed by atoms with Gasteiger partial charge in [-0.2, -0.15) is 0 Å². The third kappa shape index (κ3) is 9.16. The Morgan fingerprint density at radius 1 is 0.956 bits per heavy atom. The highest BCUT2D eigenvalue weighted by Crippen LogP contribution is 2.34. The number of primary sulfonamides is 2. The molecular formula is C28H34F3N5O6S3. The molecule has 1 aromatic heterocycles. The van der Waals surface area contributed by atoms with Gasteiger partial charge in [0.25, 0.3) is 5.56 Å². The van der Waals surface area contributed by atoms with E-state index >= 15 is 0 Å². The van der Waals surface area contributed by atoms with Gasteiger partial charge in [-0.15, -0.1) is 0 Å². The number of hydrogen-bond acceptors (Lipinski definition) is 9. The van der Waals surface area contributed by atoms with Gasteiger partial charge < -0.3 is 9.88 Å². The maximum absolute atomic E-state index is 14.2. The minimum atomic E-state index is -4.53. The first-order chi connectivity index (χ1) is 20.7. The number of Topliss-reactive ketones (excluding diaryl/α,β-unsaturated/α-hetero) is 1. The molecule has 0 saturated carbocycles. The molecule has 2 heterocycles. The van der Waals surface area contributed by atoms with Gasteiger partial charge in [-0.25, -0.2) is 45.3 Å². The minimum Gasteiger partial charge on any atom is -0.367 e. The number of piperidine rings is 1. The van der Waals surface area contributed by atoms with Crippen LogP contribution in [0.15, 0.2) is 50.1 Å². The number of sulfonamides is 2. The number of nitrogens with zero attached hydrogens (tertiary/aromatic N) is 2. The Hall–Kier alpha value is -3.25. The SMILES string of the molecule is CC(C)(C)c1cc(=O)[nH]c(SCC(=O)c2ccc(S(N)(=O)=O)cc2)n1.Cc1c(F)c(N2CCCCC2)c(F)c(F)c1S(N)(=O)=O. The fourth-order valence-electron chi connectivity index (χ4n) is 4.41. The molecule has 0 unspecified atom stereocenters. The van der Waals surface area contributed by atoms with Crippen molar-refractivity contribution in [2.75, 3.05) is 23.7 Å². The van der Waals surface area contributed by atoms with Gasteiger partial charge in [-0.1, -0.05) is 44.7 Å². The van der Waals surface area contributed by atoms with Crippen molar-refractivity contribution >= 4 is 43.3 Å². The Morgan fingerprint density at radius 3 is 2.04 bits per heavy atom. The number of thioether (sulfide) groups is 1. The van der Waals surface area contributed by atoms with E-state index in [1.54, 1.807) is 0 Å². The lowest BCUT2D eigenvalue weighted by atomic mass is 9.92. The first-order valence-electron chi connectivity index (χ1n) is 13.6. The van der Waals surface area contributed by atoms with Crippen LogP contribution < -0.4 is 20.7 Å². The number of aromatic nitrogens is 2. The van der Waals surface area contributed by atoms with Crippen LogP contribution in [0.4, 0.5) is 18.9 Å². The van der Waals surface area contributed by atoms with Gasteiger partial charge in [0.05, 0.1) is 16.3 Å². The summed E-state index contributed by atoms with van der Waals surface area (Å²) in [6.45, 7) is 7.72. The fourth-order valence-corrected chi connectivity index (χ4v) is 6.55. The molecule has 2 aromatic carbocycles. The molecule has 11 nitrogen and oxygen atoms in total. The van der Waals surface area contributed by atoms with Crippen LogP contribution in [0.25, 0.3) is 0 Å². The fraction of sp³-hybridized carbons (Fsp3) is 0.393. The normalized spacial score (nSPS) is 14.1. The Bertz CT molecular complexity index is 1830. The number of aromatic amines is 1.